The number of carbonyl (C=O) groups is 2. The van der Waals surface area contributed by atoms with Crippen molar-refractivity contribution >= 4 is 12.1 Å². The Labute approximate surface area is 101 Å². The summed E-state index contributed by atoms with van der Waals surface area (Å²) in [4.78, 5) is 21.5. The van der Waals surface area contributed by atoms with E-state index in [1.54, 1.807) is 0 Å². The summed E-state index contributed by atoms with van der Waals surface area (Å²) in [6, 6.07) is -0.809. The number of carbonyl (C=O) groups excluding carboxylic acids is 1. The quantitative estimate of drug-likeness (QED) is 0.546. The van der Waals surface area contributed by atoms with Crippen LogP contribution < -0.4 is 11.1 Å². The average Bonchev–Trinajstić information content (AvgIpc) is 3.09. The minimum Gasteiger partial charge on any atom is -0.480 e. The van der Waals surface area contributed by atoms with Gasteiger partial charge in [-0.15, -0.1) is 0 Å². The van der Waals surface area contributed by atoms with Gasteiger partial charge in [-0.3, -0.25) is 4.79 Å². The van der Waals surface area contributed by atoms with Crippen molar-refractivity contribution in [3.63, 3.8) is 0 Å². The minimum atomic E-state index is -0.984. The van der Waals surface area contributed by atoms with Crippen molar-refractivity contribution in [2.75, 3.05) is 13.2 Å². The molecule has 6 nitrogen and oxygen atoms in total. The number of hydrogen-bond donors (Lipinski definition) is 3. The summed E-state index contributed by atoms with van der Waals surface area (Å²) < 4.78 is 4.96. The molecule has 0 aliphatic heterocycles. The van der Waals surface area contributed by atoms with Crippen molar-refractivity contribution in [3.05, 3.63) is 0 Å². The Hall–Kier alpha value is -1.30. The molecule has 98 valence electrons. The van der Waals surface area contributed by atoms with E-state index >= 15 is 0 Å². The number of nitrogens with two attached hydrogens (primary N) is 1. The Morgan fingerprint density at radius 1 is 1.41 bits per heavy atom. The number of rotatable bonds is 8. The van der Waals surface area contributed by atoms with Crippen LogP contribution in [0.15, 0.2) is 0 Å². The largest absolute Gasteiger partial charge is 0.480 e. The van der Waals surface area contributed by atoms with E-state index in [-0.39, 0.29) is 6.09 Å². The lowest BCUT2D eigenvalue weighted by Crippen LogP contribution is -2.30. The van der Waals surface area contributed by atoms with Crippen LogP contribution in [0.3, 0.4) is 0 Å². The monoisotopic (exact) mass is 244 g/mol. The van der Waals surface area contributed by atoms with Crippen molar-refractivity contribution in [1.29, 1.82) is 0 Å². The van der Waals surface area contributed by atoms with Crippen molar-refractivity contribution in [1.82, 2.24) is 5.32 Å². The number of aliphatic carboxylic acids is 1. The van der Waals surface area contributed by atoms with E-state index in [1.807, 2.05) is 0 Å². The fourth-order valence-electron chi connectivity index (χ4n) is 1.33. The van der Waals surface area contributed by atoms with Crippen LogP contribution >= 0.6 is 0 Å². The molecule has 0 saturated heterocycles. The van der Waals surface area contributed by atoms with Gasteiger partial charge in [0.2, 0.25) is 0 Å². The van der Waals surface area contributed by atoms with Crippen LogP contribution in [0.1, 0.15) is 32.1 Å². The van der Waals surface area contributed by atoms with Gasteiger partial charge in [0.05, 0.1) is 6.61 Å². The zero-order chi connectivity index (χ0) is 12.7. The first kappa shape index (κ1) is 13.8. The lowest BCUT2D eigenvalue weighted by molar-refractivity contribution is -0.138. The minimum absolute atomic E-state index is 0.389. The first-order valence-corrected chi connectivity index (χ1v) is 5.98. The second kappa shape index (κ2) is 7.11. The highest BCUT2D eigenvalue weighted by molar-refractivity contribution is 5.72. The predicted molar refractivity (Wildman–Crippen MR) is 61.5 cm³/mol. The molecule has 0 aromatic heterocycles. The van der Waals surface area contributed by atoms with Gasteiger partial charge in [0.15, 0.2) is 0 Å². The van der Waals surface area contributed by atoms with E-state index in [0.717, 1.165) is 12.8 Å². The van der Waals surface area contributed by atoms with Crippen LogP contribution in [0.25, 0.3) is 0 Å². The van der Waals surface area contributed by atoms with Gasteiger partial charge in [0.25, 0.3) is 0 Å². The molecule has 1 aliphatic carbocycles. The van der Waals surface area contributed by atoms with Crippen molar-refractivity contribution in [2.45, 2.75) is 38.1 Å². The first-order valence-electron chi connectivity index (χ1n) is 5.98. The highest BCUT2D eigenvalue weighted by Crippen LogP contribution is 2.28. The van der Waals surface area contributed by atoms with E-state index in [9.17, 15) is 9.59 Å². The molecule has 1 fully saturated rings. The van der Waals surface area contributed by atoms with Crippen LogP contribution in [0.5, 0.6) is 0 Å². The number of ether oxygens (including phenoxy) is 1. The number of carboxylic acid groups (broad SMARTS) is 1. The van der Waals surface area contributed by atoms with Crippen molar-refractivity contribution in [2.24, 2.45) is 11.7 Å². The maximum absolute atomic E-state index is 11.1. The highest BCUT2D eigenvalue weighted by Gasteiger charge is 2.22. The van der Waals surface area contributed by atoms with E-state index in [2.05, 4.69) is 5.32 Å². The van der Waals surface area contributed by atoms with Crippen LogP contribution in [0, 0.1) is 5.92 Å². The number of unbranched alkanes of at least 4 members (excludes halogenated alkanes) is 1. The normalized spacial score (nSPS) is 16.3. The van der Waals surface area contributed by atoms with Gasteiger partial charge in [-0.1, -0.05) is 0 Å². The summed E-state index contributed by atoms with van der Waals surface area (Å²) in [5, 5.41) is 11.2. The van der Waals surface area contributed by atoms with Gasteiger partial charge in [-0.05, 0) is 38.0 Å². The third-order valence-electron chi connectivity index (χ3n) is 2.68. The molecule has 1 aliphatic rings. The molecule has 1 amide bonds. The van der Waals surface area contributed by atoms with Crippen molar-refractivity contribution in [3.8, 4) is 0 Å². The predicted octanol–water partition coefficient (Wildman–Crippen LogP) is 0.705. The molecular formula is C11H20N2O4. The Balaban J connectivity index is 1.88. The molecule has 0 spiro atoms. The molecule has 0 aromatic rings. The summed E-state index contributed by atoms with van der Waals surface area (Å²) in [6.07, 6.45) is 3.73. The van der Waals surface area contributed by atoms with Gasteiger partial charge < -0.3 is 20.9 Å². The Morgan fingerprint density at radius 3 is 2.71 bits per heavy atom. The maximum Gasteiger partial charge on any atom is 0.407 e. The molecule has 0 radical (unpaired) electrons. The summed E-state index contributed by atoms with van der Waals surface area (Å²) >= 11 is 0. The number of nitrogens with one attached hydrogen (secondary N) is 1. The van der Waals surface area contributed by atoms with E-state index in [0.29, 0.717) is 38.3 Å². The molecule has 17 heavy (non-hydrogen) atoms. The molecule has 0 unspecified atom stereocenters. The number of hydrogen-bond acceptors (Lipinski definition) is 4. The highest BCUT2D eigenvalue weighted by atomic mass is 16.5. The van der Waals surface area contributed by atoms with E-state index in [4.69, 9.17) is 15.6 Å². The molecule has 0 heterocycles. The fraction of sp³-hybridized carbons (Fsp3) is 0.818. The Bertz CT molecular complexity index is 266. The van der Waals surface area contributed by atoms with Crippen LogP contribution in [-0.4, -0.2) is 36.4 Å². The van der Waals surface area contributed by atoms with Gasteiger partial charge in [-0.25, -0.2) is 4.79 Å². The zero-order valence-electron chi connectivity index (χ0n) is 9.85. The standard InChI is InChI=1S/C11H20N2O4/c12-9(10(14)15)3-1-2-6-13-11(16)17-7-8-4-5-8/h8-9H,1-7,12H2,(H,13,16)(H,14,15)/t9-/m0/s1. The van der Waals surface area contributed by atoms with Crippen molar-refractivity contribution < 1.29 is 19.4 Å². The van der Waals surface area contributed by atoms with E-state index < -0.39 is 12.0 Å². The molecule has 4 N–H and O–H groups in total. The number of amides is 1. The lowest BCUT2D eigenvalue weighted by Gasteiger charge is -2.07. The van der Waals surface area contributed by atoms with Gasteiger partial charge in [-0.2, -0.15) is 0 Å². The summed E-state index contributed by atoms with van der Waals surface area (Å²) in [5.41, 5.74) is 5.33. The lowest BCUT2D eigenvalue weighted by atomic mass is 10.1. The number of alkyl carbamates (subject to hydrolysis) is 1. The van der Waals surface area contributed by atoms with Crippen LogP contribution in [0.4, 0.5) is 4.79 Å². The number of carboxylic acids is 1. The van der Waals surface area contributed by atoms with E-state index in [1.165, 1.54) is 0 Å². The third kappa shape index (κ3) is 6.78. The summed E-state index contributed by atoms with van der Waals surface area (Å²) in [7, 11) is 0. The fourth-order valence-corrected chi connectivity index (χ4v) is 1.33. The summed E-state index contributed by atoms with van der Waals surface area (Å²) in [6.45, 7) is 1.01. The first-order chi connectivity index (χ1) is 8.09. The molecule has 1 atom stereocenters. The molecule has 1 saturated carbocycles. The van der Waals surface area contributed by atoms with Crippen LogP contribution in [0.2, 0.25) is 0 Å². The zero-order valence-corrected chi connectivity index (χ0v) is 9.85. The maximum atomic E-state index is 11.1. The molecule has 0 bridgehead atoms. The Kier molecular flexibility index (Phi) is 5.76. The molecule has 1 rings (SSSR count). The van der Waals surface area contributed by atoms with Gasteiger partial charge in [0.1, 0.15) is 6.04 Å². The second-order valence-corrected chi connectivity index (χ2v) is 4.41. The molecular weight excluding hydrogens is 224 g/mol. The Morgan fingerprint density at radius 2 is 2.12 bits per heavy atom. The molecule has 6 heteroatoms. The van der Waals surface area contributed by atoms with Gasteiger partial charge in [0, 0.05) is 6.54 Å². The van der Waals surface area contributed by atoms with Gasteiger partial charge >= 0.3 is 12.1 Å². The van der Waals surface area contributed by atoms with Crippen LogP contribution in [-0.2, 0) is 9.53 Å². The summed E-state index contributed by atoms with van der Waals surface area (Å²) in [5.74, 6) is -0.420. The topological polar surface area (TPSA) is 102 Å². The third-order valence-corrected chi connectivity index (χ3v) is 2.68. The SMILES string of the molecule is N[C@@H](CCCCNC(=O)OCC1CC1)C(=O)O. The smallest absolute Gasteiger partial charge is 0.407 e. The second-order valence-electron chi connectivity index (χ2n) is 4.41. The average molecular weight is 244 g/mol. The molecule has 0 aromatic carbocycles.